The molecule has 1 aromatic carbocycles. The summed E-state index contributed by atoms with van der Waals surface area (Å²) in [6.45, 7) is -0.711. The van der Waals surface area contributed by atoms with Gasteiger partial charge < -0.3 is 66.2 Å². The fraction of sp³-hybridized carbons (Fsp3) is 0.727. The standard InChI is InChI=1S/C33H42F13N3O13/c1-27(2,13-48-25(59)22(57)21(56)24(16(52)11-50)62-26-23(58)20(55)19(54)17(12-51)61-26)49(60)10-15-5-3-14(4-6-15)9-47-18(53)7-8-28(34,35)29(36,37)30(38,39)31(40,41)32(42,43)33(44,45)46/h3-6,10,16-17,19-24,26,50-52,54-58H,7-9,11-13H2,1-2H3,(H,47,53)(H,48,59)/b49-10-/t16-,17+,19-,20-,21-,22+,23+,24+,26-/m0/s1. The van der Waals surface area contributed by atoms with Gasteiger partial charge in [0, 0.05) is 38.8 Å². The molecule has 0 aliphatic carbocycles. The van der Waals surface area contributed by atoms with Gasteiger partial charge in [-0.1, -0.05) is 12.1 Å². The number of aliphatic hydroxyl groups is 8. The predicted molar refractivity (Wildman–Crippen MR) is 178 cm³/mol. The van der Waals surface area contributed by atoms with Crippen molar-refractivity contribution in [2.24, 2.45) is 0 Å². The lowest BCUT2D eigenvalue weighted by atomic mass is 9.92. The highest BCUT2D eigenvalue weighted by molar-refractivity contribution is 5.81. The summed E-state index contributed by atoms with van der Waals surface area (Å²) in [5.41, 5.74) is -1.38. The highest BCUT2D eigenvalue weighted by Gasteiger charge is 2.90. The number of hydrogen-bond acceptors (Lipinski definition) is 13. The fourth-order valence-electron chi connectivity index (χ4n) is 5.21. The van der Waals surface area contributed by atoms with Crippen LogP contribution < -0.4 is 10.6 Å². The Bertz CT molecular complexity index is 1690. The number of benzene rings is 1. The van der Waals surface area contributed by atoms with Crippen molar-refractivity contribution in [3.05, 3.63) is 40.6 Å². The van der Waals surface area contributed by atoms with Gasteiger partial charge in [-0.3, -0.25) is 9.59 Å². The molecule has 0 radical (unpaired) electrons. The lowest BCUT2D eigenvalue weighted by molar-refractivity contribution is -0.533. The highest BCUT2D eigenvalue weighted by atomic mass is 19.4. The molecule has 10 N–H and O–H groups in total. The van der Waals surface area contributed by atoms with Gasteiger partial charge in [-0.25, -0.2) is 4.74 Å². The number of hydroxylamine groups is 1. The van der Waals surface area contributed by atoms with Crippen molar-refractivity contribution in [3.8, 4) is 0 Å². The minimum absolute atomic E-state index is 0.0878. The Morgan fingerprint density at radius 3 is 1.85 bits per heavy atom. The van der Waals surface area contributed by atoms with Crippen molar-refractivity contribution in [1.29, 1.82) is 0 Å². The van der Waals surface area contributed by atoms with Crippen LogP contribution >= 0.6 is 0 Å². The lowest BCUT2D eigenvalue weighted by Gasteiger charge is -2.42. The number of rotatable bonds is 21. The van der Waals surface area contributed by atoms with Crippen LogP contribution in [-0.4, -0.2) is 180 Å². The monoisotopic (exact) mass is 935 g/mol. The van der Waals surface area contributed by atoms with E-state index in [4.69, 9.17) is 9.47 Å². The van der Waals surface area contributed by atoms with Gasteiger partial charge in [0.05, 0.1) is 19.8 Å². The van der Waals surface area contributed by atoms with E-state index in [0.717, 1.165) is 6.21 Å². The number of nitrogens with zero attached hydrogens (tertiary/aromatic N) is 1. The Morgan fingerprint density at radius 1 is 0.823 bits per heavy atom. The smallest absolute Gasteiger partial charge is 0.460 e. The van der Waals surface area contributed by atoms with E-state index < -0.39 is 147 Å². The largest absolute Gasteiger partial charge is 0.623 e. The van der Waals surface area contributed by atoms with Gasteiger partial charge in [-0.2, -0.15) is 57.1 Å². The minimum atomic E-state index is -8.07. The summed E-state index contributed by atoms with van der Waals surface area (Å²) in [4.78, 5) is 24.7. The molecule has 2 rings (SSSR count). The van der Waals surface area contributed by atoms with Crippen LogP contribution in [0.4, 0.5) is 57.1 Å². The Kier molecular flexibility index (Phi) is 17.6. The van der Waals surface area contributed by atoms with Gasteiger partial charge in [0.1, 0.15) is 42.7 Å². The van der Waals surface area contributed by atoms with Gasteiger partial charge in [0.25, 0.3) is 5.91 Å². The number of amides is 2. The Morgan fingerprint density at radius 2 is 1.35 bits per heavy atom. The minimum Gasteiger partial charge on any atom is -0.623 e. The number of aliphatic hydroxyl groups excluding tert-OH is 8. The Hall–Kier alpha value is -3.68. The van der Waals surface area contributed by atoms with E-state index in [1.54, 1.807) is 0 Å². The van der Waals surface area contributed by atoms with Gasteiger partial charge in [-0.15, -0.1) is 0 Å². The number of carbonyl (C=O) groups excluding carboxylic acids is 2. The first kappa shape index (κ1) is 54.5. The number of carbonyl (C=O) groups is 2. The molecule has 16 nitrogen and oxygen atoms in total. The summed E-state index contributed by atoms with van der Waals surface area (Å²) in [6, 6.07) is 4.78. The molecule has 358 valence electrons. The first-order valence-corrected chi connectivity index (χ1v) is 17.6. The predicted octanol–water partition coefficient (Wildman–Crippen LogP) is -0.0941. The average Bonchev–Trinajstić information content (AvgIpc) is 3.19. The second-order valence-corrected chi connectivity index (χ2v) is 14.5. The van der Waals surface area contributed by atoms with E-state index in [9.17, 15) is 113 Å². The normalized spacial score (nSPS) is 23.3. The molecular formula is C33H42F13N3O13. The van der Waals surface area contributed by atoms with Crippen LogP contribution in [0, 0.1) is 5.21 Å². The molecule has 1 aliphatic rings. The molecule has 29 heteroatoms. The van der Waals surface area contributed by atoms with Crippen LogP contribution in [0.15, 0.2) is 24.3 Å². The Labute approximate surface area is 340 Å². The van der Waals surface area contributed by atoms with Crippen molar-refractivity contribution >= 4 is 18.0 Å². The maximum absolute atomic E-state index is 14.0. The van der Waals surface area contributed by atoms with Crippen LogP contribution in [0.1, 0.15) is 37.8 Å². The van der Waals surface area contributed by atoms with E-state index in [1.165, 1.54) is 38.1 Å². The SMILES string of the molecule is CC(C)(CNC(=O)[C@H](O)[C@H](O)[C@H](O[C@@H]1O[C@H](CO)[C@H](O)[C@H](O)[C@H]1O)[C@@H](O)CO)/[N+]([O-])=C/c1ccc(CNC(=O)CCC(F)(F)C(F)(F)C(F)(F)C(F)(F)C(F)(F)C(F)(F)F)cc1. The van der Waals surface area contributed by atoms with Crippen LogP contribution in [0.25, 0.3) is 0 Å². The molecule has 0 aromatic heterocycles. The average molecular weight is 936 g/mol. The van der Waals surface area contributed by atoms with E-state index in [-0.39, 0.29) is 15.9 Å². The number of ether oxygens (including phenoxy) is 2. The molecule has 0 saturated carbocycles. The highest BCUT2D eigenvalue weighted by Crippen LogP contribution is 2.60. The molecule has 9 atom stereocenters. The Balaban J connectivity index is 2.02. The molecule has 2 amide bonds. The third-order valence-electron chi connectivity index (χ3n) is 9.33. The summed E-state index contributed by atoms with van der Waals surface area (Å²) >= 11 is 0. The zero-order valence-corrected chi connectivity index (χ0v) is 31.8. The van der Waals surface area contributed by atoms with E-state index in [0.29, 0.717) is 0 Å². The molecule has 1 heterocycles. The molecule has 1 saturated heterocycles. The number of halogens is 13. The number of alkyl halides is 13. The van der Waals surface area contributed by atoms with Gasteiger partial charge in [0.2, 0.25) is 5.91 Å². The first-order chi connectivity index (χ1) is 28.1. The van der Waals surface area contributed by atoms with Crippen molar-refractivity contribution in [3.63, 3.8) is 0 Å². The van der Waals surface area contributed by atoms with E-state index >= 15 is 0 Å². The first-order valence-electron chi connectivity index (χ1n) is 17.6. The molecular weight excluding hydrogens is 893 g/mol. The van der Waals surface area contributed by atoms with Gasteiger partial charge >= 0.3 is 35.8 Å². The molecule has 62 heavy (non-hydrogen) atoms. The maximum atomic E-state index is 14.0. The molecule has 0 spiro atoms. The third-order valence-corrected chi connectivity index (χ3v) is 9.33. The van der Waals surface area contributed by atoms with Gasteiger partial charge in [0.15, 0.2) is 24.1 Å². The van der Waals surface area contributed by atoms with Crippen LogP contribution in [-0.2, 0) is 25.6 Å². The zero-order valence-electron chi connectivity index (χ0n) is 31.8. The summed E-state index contributed by atoms with van der Waals surface area (Å²) in [5, 5.41) is 97.1. The van der Waals surface area contributed by atoms with Gasteiger partial charge in [-0.05, 0) is 17.7 Å². The quantitative estimate of drug-likeness (QED) is 0.0255. The number of nitrogens with one attached hydrogen (secondary N) is 2. The molecule has 1 aliphatic heterocycles. The van der Waals surface area contributed by atoms with Crippen molar-refractivity contribution in [2.75, 3.05) is 19.8 Å². The van der Waals surface area contributed by atoms with Crippen molar-refractivity contribution in [2.45, 2.75) is 130 Å². The van der Waals surface area contributed by atoms with Crippen LogP contribution in [0.3, 0.4) is 0 Å². The van der Waals surface area contributed by atoms with E-state index in [2.05, 4.69) is 5.32 Å². The number of hydrogen-bond donors (Lipinski definition) is 10. The lowest BCUT2D eigenvalue weighted by Crippen LogP contribution is -2.70. The van der Waals surface area contributed by atoms with Crippen molar-refractivity contribution < 1.29 is 122 Å². The summed E-state index contributed by atoms with van der Waals surface area (Å²) in [5.74, 6) is -40.9. The molecule has 0 unspecified atom stereocenters. The topological polar surface area (TPSA) is 265 Å². The summed E-state index contributed by atoms with van der Waals surface area (Å²) in [7, 11) is 0. The van der Waals surface area contributed by atoms with Crippen LogP contribution in [0.5, 0.6) is 0 Å². The summed E-state index contributed by atoms with van der Waals surface area (Å²) in [6.07, 6.45) is -29.6. The maximum Gasteiger partial charge on any atom is 0.460 e. The van der Waals surface area contributed by atoms with Crippen LogP contribution in [0.2, 0.25) is 0 Å². The molecule has 1 fully saturated rings. The third kappa shape index (κ3) is 11.5. The zero-order chi connectivity index (χ0) is 48.2. The molecule has 0 bridgehead atoms. The van der Waals surface area contributed by atoms with Crippen molar-refractivity contribution in [1.82, 2.24) is 10.6 Å². The summed E-state index contributed by atoms with van der Waals surface area (Å²) < 4.78 is 183. The van der Waals surface area contributed by atoms with E-state index in [1.807, 2.05) is 5.32 Å². The molecule has 1 aromatic rings. The second kappa shape index (κ2) is 20.0. The fourth-order valence-corrected chi connectivity index (χ4v) is 5.21. The second-order valence-electron chi connectivity index (χ2n) is 14.5.